The van der Waals surface area contributed by atoms with Gasteiger partial charge in [-0.2, -0.15) is 13.2 Å². The monoisotopic (exact) mass is 437 g/mol. The van der Waals surface area contributed by atoms with Crippen molar-refractivity contribution in [3.8, 4) is 0 Å². The number of halogens is 3. The van der Waals surface area contributed by atoms with E-state index < -0.39 is 20.2 Å². The van der Waals surface area contributed by atoms with Gasteiger partial charge in [0.2, 0.25) is 0 Å². The first-order chi connectivity index (χ1) is 14.3. The smallest absolute Gasteiger partial charge is 0.368 e. The Kier molecular flexibility index (Phi) is 5.14. The molecule has 7 nitrogen and oxygen atoms in total. The summed E-state index contributed by atoms with van der Waals surface area (Å²) in [6.07, 6.45) is 7.14. The lowest BCUT2D eigenvalue weighted by Crippen LogP contribution is -2.27. The van der Waals surface area contributed by atoms with Crippen LogP contribution in [0.1, 0.15) is 11.1 Å². The van der Waals surface area contributed by atoms with Crippen LogP contribution in [0.2, 0.25) is 0 Å². The molecule has 0 saturated carbocycles. The minimum absolute atomic E-state index is 0.465. The lowest BCUT2D eigenvalue weighted by atomic mass is 10.1. The van der Waals surface area contributed by atoms with E-state index in [0.29, 0.717) is 18.9 Å². The van der Waals surface area contributed by atoms with Crippen molar-refractivity contribution in [3.63, 3.8) is 0 Å². The zero-order valence-electron chi connectivity index (χ0n) is 15.7. The molecule has 0 radical (unpaired) electrons. The van der Waals surface area contributed by atoms with Crippen molar-refractivity contribution >= 4 is 21.4 Å². The molecule has 2 aliphatic rings. The molecule has 2 aliphatic heterocycles. The lowest BCUT2D eigenvalue weighted by molar-refractivity contribution is -0.0436. The fraction of sp³-hybridized carbons (Fsp3) is 0.263. The molecule has 158 valence electrons. The van der Waals surface area contributed by atoms with Gasteiger partial charge in [-0.1, -0.05) is 0 Å². The van der Waals surface area contributed by atoms with Crippen LogP contribution in [0, 0.1) is 0 Å². The molecular formula is C19H18F3N5O2S. The van der Waals surface area contributed by atoms with E-state index in [2.05, 4.69) is 15.3 Å². The molecule has 1 aromatic heterocycles. The van der Waals surface area contributed by atoms with Gasteiger partial charge in [0.1, 0.15) is 5.84 Å². The number of nitrogens with zero attached hydrogens (tertiary/aromatic N) is 4. The van der Waals surface area contributed by atoms with Crippen LogP contribution in [0.25, 0.3) is 0 Å². The van der Waals surface area contributed by atoms with Crippen molar-refractivity contribution in [1.82, 2.24) is 15.2 Å². The second-order valence-corrected chi connectivity index (χ2v) is 8.73. The number of rotatable bonds is 5. The summed E-state index contributed by atoms with van der Waals surface area (Å²) in [5.41, 5.74) is -2.76. The van der Waals surface area contributed by atoms with Crippen LogP contribution in [-0.4, -0.2) is 49.4 Å². The largest absolute Gasteiger partial charge is 0.501 e. The highest BCUT2D eigenvalue weighted by Crippen LogP contribution is 2.31. The minimum Gasteiger partial charge on any atom is -0.368 e. The average molecular weight is 437 g/mol. The van der Waals surface area contributed by atoms with E-state index in [4.69, 9.17) is 0 Å². The molecule has 30 heavy (non-hydrogen) atoms. The number of sulfone groups is 1. The van der Waals surface area contributed by atoms with Gasteiger partial charge in [0, 0.05) is 49.1 Å². The number of alkyl halides is 3. The topological polar surface area (TPSA) is 77.9 Å². The first kappa shape index (κ1) is 20.2. The maximum Gasteiger partial charge on any atom is 0.501 e. The van der Waals surface area contributed by atoms with Crippen LogP contribution < -0.4 is 10.2 Å². The fourth-order valence-corrected chi connectivity index (χ4v) is 4.02. The van der Waals surface area contributed by atoms with Crippen molar-refractivity contribution in [2.24, 2.45) is 4.99 Å². The van der Waals surface area contributed by atoms with E-state index in [-0.39, 0.29) is 0 Å². The van der Waals surface area contributed by atoms with Crippen LogP contribution in [0.3, 0.4) is 0 Å². The summed E-state index contributed by atoms with van der Waals surface area (Å²) in [6, 6.07) is 6.59. The first-order valence-corrected chi connectivity index (χ1v) is 10.6. The second-order valence-electron chi connectivity index (χ2n) is 6.79. The molecule has 0 bridgehead atoms. The Hall–Kier alpha value is -3.08. The van der Waals surface area contributed by atoms with E-state index >= 15 is 0 Å². The van der Waals surface area contributed by atoms with Crippen LogP contribution >= 0.6 is 0 Å². The molecule has 4 rings (SSSR count). The summed E-state index contributed by atoms with van der Waals surface area (Å²) in [4.78, 5) is 11.7. The number of benzene rings is 1. The Labute approximate surface area is 171 Å². The molecule has 0 spiro atoms. The molecule has 1 N–H and O–H groups in total. The Morgan fingerprint density at radius 1 is 1.10 bits per heavy atom. The highest BCUT2D eigenvalue weighted by molar-refractivity contribution is 7.92. The van der Waals surface area contributed by atoms with Gasteiger partial charge in [-0.05, 0) is 35.9 Å². The molecule has 2 aromatic rings. The first-order valence-electron chi connectivity index (χ1n) is 9.08. The van der Waals surface area contributed by atoms with Crippen molar-refractivity contribution in [2.45, 2.75) is 16.9 Å². The highest BCUT2D eigenvalue weighted by atomic mass is 32.2. The molecule has 0 atom stereocenters. The Bertz CT molecular complexity index is 1100. The predicted molar refractivity (Wildman–Crippen MR) is 105 cm³/mol. The normalized spacial score (nSPS) is 16.7. The molecule has 1 aromatic carbocycles. The number of nitrogens with one attached hydrogen (secondary N) is 1. The number of hydrogen-bond donors (Lipinski definition) is 1. The molecule has 11 heteroatoms. The number of pyridine rings is 1. The fourth-order valence-electron chi connectivity index (χ4n) is 3.26. The zero-order chi connectivity index (χ0) is 21.4. The van der Waals surface area contributed by atoms with E-state index in [0.717, 1.165) is 42.2 Å². The second kappa shape index (κ2) is 7.63. The maximum absolute atomic E-state index is 12.7. The molecule has 0 unspecified atom stereocenters. The summed E-state index contributed by atoms with van der Waals surface area (Å²) in [6.45, 7) is 2.57. The van der Waals surface area contributed by atoms with E-state index in [1.54, 1.807) is 18.6 Å². The highest BCUT2D eigenvalue weighted by Gasteiger charge is 2.46. The Balaban J connectivity index is 1.46. The summed E-state index contributed by atoms with van der Waals surface area (Å²) in [5, 5.41) is 3.23. The molecular weight excluding hydrogens is 419 g/mol. The van der Waals surface area contributed by atoms with Gasteiger partial charge in [-0.3, -0.25) is 9.98 Å². The molecule has 0 saturated heterocycles. The summed E-state index contributed by atoms with van der Waals surface area (Å²) < 4.78 is 61.1. The number of hydrogen-bond acceptors (Lipinski definition) is 7. The molecule has 3 heterocycles. The third-order valence-electron chi connectivity index (χ3n) is 4.79. The Morgan fingerprint density at radius 2 is 1.87 bits per heavy atom. The zero-order valence-corrected chi connectivity index (χ0v) is 16.5. The standard InChI is InChI=1S/C19H18F3N5O2S/c20-19(21,22)30(28,29)16-3-1-15(2-4-16)27-10-9-26(13-27)12-14-5-6-23-11-17(14)18-24-7-8-25-18/h1-6,9-11H,7-8,12-13H2,(H,24,25). The third kappa shape index (κ3) is 3.84. The molecule has 0 fully saturated rings. The van der Waals surface area contributed by atoms with Crippen LogP contribution in [-0.2, 0) is 16.4 Å². The molecule has 0 aliphatic carbocycles. The number of anilines is 1. The van der Waals surface area contributed by atoms with E-state index in [1.165, 1.54) is 12.1 Å². The maximum atomic E-state index is 12.7. The van der Waals surface area contributed by atoms with Gasteiger partial charge in [0.25, 0.3) is 9.84 Å². The average Bonchev–Trinajstić information content (AvgIpc) is 3.40. The van der Waals surface area contributed by atoms with Crippen molar-refractivity contribution in [2.75, 3.05) is 24.7 Å². The van der Waals surface area contributed by atoms with Crippen molar-refractivity contribution < 1.29 is 21.6 Å². The SMILES string of the molecule is O=S(=O)(c1ccc(N2C=CN(Cc3ccncc3C3=NCCN3)C2)cc1)C(F)(F)F. The van der Waals surface area contributed by atoms with Gasteiger partial charge in [0.15, 0.2) is 0 Å². The number of amidine groups is 1. The van der Waals surface area contributed by atoms with Crippen LogP contribution in [0.4, 0.5) is 18.9 Å². The van der Waals surface area contributed by atoms with Gasteiger partial charge >= 0.3 is 5.51 Å². The van der Waals surface area contributed by atoms with Crippen LogP contribution in [0.15, 0.2) is 65.0 Å². The van der Waals surface area contributed by atoms with Gasteiger partial charge in [-0.25, -0.2) is 8.42 Å². The van der Waals surface area contributed by atoms with E-state index in [1.807, 2.05) is 22.1 Å². The minimum atomic E-state index is -5.35. The van der Waals surface area contributed by atoms with Gasteiger partial charge in [0.05, 0.1) is 18.1 Å². The van der Waals surface area contributed by atoms with Gasteiger partial charge in [-0.15, -0.1) is 0 Å². The van der Waals surface area contributed by atoms with Gasteiger partial charge < -0.3 is 15.1 Å². The van der Waals surface area contributed by atoms with Crippen molar-refractivity contribution in [1.29, 1.82) is 0 Å². The van der Waals surface area contributed by atoms with E-state index in [9.17, 15) is 21.6 Å². The van der Waals surface area contributed by atoms with Crippen LogP contribution in [0.5, 0.6) is 0 Å². The summed E-state index contributed by atoms with van der Waals surface area (Å²) in [5.74, 6) is 0.819. The lowest BCUT2D eigenvalue weighted by Gasteiger charge is -2.22. The summed E-state index contributed by atoms with van der Waals surface area (Å²) >= 11 is 0. The number of aromatic nitrogens is 1. The number of aliphatic imine (C=N–C) groups is 1. The molecule has 0 amide bonds. The summed E-state index contributed by atoms with van der Waals surface area (Å²) in [7, 11) is -5.35. The Morgan fingerprint density at radius 3 is 2.53 bits per heavy atom. The third-order valence-corrected chi connectivity index (χ3v) is 6.29. The van der Waals surface area contributed by atoms with Crippen molar-refractivity contribution in [3.05, 3.63) is 66.3 Å². The predicted octanol–water partition coefficient (Wildman–Crippen LogP) is 2.48. The quantitative estimate of drug-likeness (QED) is 0.775.